The van der Waals surface area contributed by atoms with Crippen molar-refractivity contribution in [2.75, 3.05) is 19.6 Å². The maximum atomic E-state index is 13.8. The van der Waals surface area contributed by atoms with Crippen molar-refractivity contribution in [1.29, 1.82) is 0 Å². The molecule has 8 nitrogen and oxygen atoms in total. The zero-order valence-corrected chi connectivity index (χ0v) is 17.6. The number of benzene rings is 1. The highest BCUT2D eigenvalue weighted by Gasteiger charge is 2.19. The van der Waals surface area contributed by atoms with Crippen LogP contribution in [0.1, 0.15) is 35.2 Å². The number of aromatic nitrogens is 5. The summed E-state index contributed by atoms with van der Waals surface area (Å²) in [4.78, 5) is 16.7. The van der Waals surface area contributed by atoms with Gasteiger partial charge in [0.1, 0.15) is 11.3 Å². The van der Waals surface area contributed by atoms with Crippen LogP contribution < -0.4 is 10.6 Å². The molecular formula is C18H24Cl2FN7O. The van der Waals surface area contributed by atoms with E-state index in [4.69, 9.17) is 0 Å². The van der Waals surface area contributed by atoms with Crippen molar-refractivity contribution >= 4 is 41.8 Å². The molecule has 3 aromatic rings. The molecule has 0 saturated carbocycles. The van der Waals surface area contributed by atoms with Crippen molar-refractivity contribution in [3.8, 4) is 0 Å². The van der Waals surface area contributed by atoms with Crippen LogP contribution in [0.5, 0.6) is 0 Å². The van der Waals surface area contributed by atoms with Crippen LogP contribution in [0.3, 0.4) is 0 Å². The first-order valence-corrected chi connectivity index (χ1v) is 9.14. The fraction of sp³-hybridized carbons (Fsp3) is 0.444. The van der Waals surface area contributed by atoms with E-state index in [1.807, 2.05) is 17.7 Å². The first kappa shape index (κ1) is 23.1. The van der Waals surface area contributed by atoms with Crippen molar-refractivity contribution in [3.63, 3.8) is 0 Å². The van der Waals surface area contributed by atoms with Gasteiger partial charge in [0.25, 0.3) is 5.91 Å². The van der Waals surface area contributed by atoms with E-state index in [0.29, 0.717) is 30.0 Å². The number of fused-ring (bicyclic) bond motifs is 1. The van der Waals surface area contributed by atoms with Gasteiger partial charge in [-0.2, -0.15) is 0 Å². The molecule has 29 heavy (non-hydrogen) atoms. The summed E-state index contributed by atoms with van der Waals surface area (Å²) in [7, 11) is 1.84. The minimum Gasteiger partial charge on any atom is -0.350 e. The number of nitrogens with zero attached hydrogens (tertiary/aromatic N) is 5. The molecule has 2 aromatic heterocycles. The lowest BCUT2D eigenvalue weighted by atomic mass is 10.1. The molecule has 1 aliphatic rings. The third-order valence-corrected chi connectivity index (χ3v) is 5.01. The second-order valence-corrected chi connectivity index (χ2v) is 6.77. The van der Waals surface area contributed by atoms with Crippen LogP contribution in [0, 0.1) is 5.82 Å². The average molecular weight is 444 g/mol. The van der Waals surface area contributed by atoms with Crippen molar-refractivity contribution < 1.29 is 9.18 Å². The fourth-order valence-corrected chi connectivity index (χ4v) is 3.46. The summed E-state index contributed by atoms with van der Waals surface area (Å²) in [6, 6.07) is 5.17. The maximum absolute atomic E-state index is 13.8. The second-order valence-electron chi connectivity index (χ2n) is 6.77. The highest BCUT2D eigenvalue weighted by Crippen LogP contribution is 2.18. The largest absolute Gasteiger partial charge is 0.350 e. The fourth-order valence-electron chi connectivity index (χ4n) is 3.46. The summed E-state index contributed by atoms with van der Waals surface area (Å²) in [5.74, 6) is 0.113. The molecule has 158 valence electrons. The highest BCUT2D eigenvalue weighted by atomic mass is 35.5. The summed E-state index contributed by atoms with van der Waals surface area (Å²) >= 11 is 0. The zero-order chi connectivity index (χ0) is 18.8. The Morgan fingerprint density at radius 3 is 2.79 bits per heavy atom. The molecule has 0 aliphatic carbocycles. The van der Waals surface area contributed by atoms with E-state index in [0.717, 1.165) is 31.4 Å². The number of aryl methyl sites for hydroxylation is 1. The standard InChI is InChI=1S/C18H22FN7O.2ClH/c1-25-15-4-2-3-13(19)17(15)22-16(25)7-10-21-18(27)14-11-26(24-23-14)12-5-8-20-9-6-12;;/h2-4,11-12,20H,5-10H2,1H3,(H,21,27);2*1H. The molecule has 2 N–H and O–H groups in total. The molecule has 0 radical (unpaired) electrons. The third kappa shape index (κ3) is 4.85. The average Bonchev–Trinajstić information content (AvgIpc) is 3.30. The summed E-state index contributed by atoms with van der Waals surface area (Å²) < 4.78 is 17.5. The highest BCUT2D eigenvalue weighted by molar-refractivity contribution is 5.91. The molecular weight excluding hydrogens is 420 g/mol. The van der Waals surface area contributed by atoms with Gasteiger partial charge in [0.15, 0.2) is 11.5 Å². The number of piperidine rings is 1. The van der Waals surface area contributed by atoms with Gasteiger partial charge in [0, 0.05) is 20.0 Å². The number of imidazole rings is 1. The number of rotatable bonds is 5. The molecule has 1 aliphatic heterocycles. The summed E-state index contributed by atoms with van der Waals surface area (Å²) in [5.41, 5.74) is 1.40. The summed E-state index contributed by atoms with van der Waals surface area (Å²) in [5, 5.41) is 14.2. The Morgan fingerprint density at radius 1 is 1.31 bits per heavy atom. The van der Waals surface area contributed by atoms with E-state index in [1.54, 1.807) is 16.9 Å². The quantitative estimate of drug-likeness (QED) is 0.629. The normalized spacial score (nSPS) is 14.3. The van der Waals surface area contributed by atoms with Gasteiger partial charge in [-0.3, -0.25) is 4.79 Å². The number of para-hydroxylation sites is 1. The SMILES string of the molecule is Cl.Cl.Cn1c(CCNC(=O)c2cn(C3CCNCC3)nn2)nc2c(F)cccc21. The Hall–Kier alpha value is -2.23. The van der Waals surface area contributed by atoms with Gasteiger partial charge < -0.3 is 15.2 Å². The van der Waals surface area contributed by atoms with Crippen LogP contribution in [0.4, 0.5) is 4.39 Å². The van der Waals surface area contributed by atoms with Crippen LogP contribution in [-0.2, 0) is 13.5 Å². The topological polar surface area (TPSA) is 89.7 Å². The smallest absolute Gasteiger partial charge is 0.273 e. The predicted molar refractivity (Wildman–Crippen MR) is 112 cm³/mol. The van der Waals surface area contributed by atoms with E-state index in [9.17, 15) is 9.18 Å². The van der Waals surface area contributed by atoms with Crippen molar-refractivity contribution in [3.05, 3.63) is 41.7 Å². The minimum atomic E-state index is -0.340. The lowest BCUT2D eigenvalue weighted by Gasteiger charge is -2.22. The zero-order valence-electron chi connectivity index (χ0n) is 16.0. The van der Waals surface area contributed by atoms with Crippen molar-refractivity contribution in [2.24, 2.45) is 7.05 Å². The van der Waals surface area contributed by atoms with Crippen molar-refractivity contribution in [2.45, 2.75) is 25.3 Å². The molecule has 11 heteroatoms. The molecule has 3 heterocycles. The van der Waals surface area contributed by atoms with Crippen LogP contribution in [-0.4, -0.2) is 50.1 Å². The monoisotopic (exact) mass is 443 g/mol. The lowest BCUT2D eigenvalue weighted by Crippen LogP contribution is -2.29. The number of hydrogen-bond acceptors (Lipinski definition) is 5. The van der Waals surface area contributed by atoms with Gasteiger partial charge in [-0.25, -0.2) is 14.1 Å². The van der Waals surface area contributed by atoms with Crippen LogP contribution in [0.25, 0.3) is 11.0 Å². The Bertz CT molecular complexity index is 968. The van der Waals surface area contributed by atoms with Gasteiger partial charge in [-0.1, -0.05) is 11.3 Å². The van der Waals surface area contributed by atoms with E-state index < -0.39 is 0 Å². The van der Waals surface area contributed by atoms with Crippen LogP contribution >= 0.6 is 24.8 Å². The number of halogens is 3. The first-order chi connectivity index (χ1) is 13.1. The van der Waals surface area contributed by atoms with E-state index in [-0.39, 0.29) is 42.6 Å². The number of amides is 1. The third-order valence-electron chi connectivity index (χ3n) is 5.01. The summed E-state index contributed by atoms with van der Waals surface area (Å²) in [6.45, 7) is 2.28. The van der Waals surface area contributed by atoms with Gasteiger partial charge >= 0.3 is 0 Å². The number of nitrogens with one attached hydrogen (secondary N) is 2. The molecule has 1 aromatic carbocycles. The van der Waals surface area contributed by atoms with Gasteiger partial charge in [-0.15, -0.1) is 29.9 Å². The molecule has 0 unspecified atom stereocenters. The van der Waals surface area contributed by atoms with Crippen molar-refractivity contribution in [1.82, 2.24) is 35.2 Å². The predicted octanol–water partition coefficient (Wildman–Crippen LogP) is 2.04. The number of carbonyl (C=O) groups excluding carboxylic acids is 1. The summed E-state index contributed by atoms with van der Waals surface area (Å²) in [6.07, 6.45) is 4.16. The molecule has 0 bridgehead atoms. The molecule has 1 fully saturated rings. The minimum absolute atomic E-state index is 0. The van der Waals surface area contributed by atoms with Crippen LogP contribution in [0.15, 0.2) is 24.4 Å². The molecule has 1 amide bonds. The Labute approximate surface area is 180 Å². The van der Waals surface area contributed by atoms with Gasteiger partial charge in [-0.05, 0) is 38.1 Å². The molecule has 4 rings (SSSR count). The van der Waals surface area contributed by atoms with Gasteiger partial charge in [0.2, 0.25) is 0 Å². The molecule has 0 atom stereocenters. The first-order valence-electron chi connectivity index (χ1n) is 9.14. The lowest BCUT2D eigenvalue weighted by molar-refractivity contribution is 0.0949. The Kier molecular flexibility index (Phi) is 7.95. The van der Waals surface area contributed by atoms with E-state index in [2.05, 4.69) is 25.9 Å². The number of carbonyl (C=O) groups is 1. The maximum Gasteiger partial charge on any atom is 0.273 e. The molecule has 0 spiro atoms. The Morgan fingerprint density at radius 2 is 2.07 bits per heavy atom. The van der Waals surface area contributed by atoms with Crippen LogP contribution in [0.2, 0.25) is 0 Å². The number of hydrogen-bond donors (Lipinski definition) is 2. The molecule has 1 saturated heterocycles. The van der Waals surface area contributed by atoms with E-state index >= 15 is 0 Å². The van der Waals surface area contributed by atoms with E-state index in [1.165, 1.54) is 6.07 Å². The second kappa shape index (κ2) is 10.00. The van der Waals surface area contributed by atoms with Gasteiger partial charge in [0.05, 0.1) is 17.8 Å². The Balaban J connectivity index is 0.00000150.